The van der Waals surface area contributed by atoms with Gasteiger partial charge in [0.15, 0.2) is 0 Å². The topological polar surface area (TPSA) is 103 Å². The molecule has 2 aromatic heterocycles. The Morgan fingerprint density at radius 2 is 2.03 bits per heavy atom. The maximum Gasteiger partial charge on any atom is 0.247 e. The number of nitrogens with one attached hydrogen (secondary N) is 1. The zero-order valence-electron chi connectivity index (χ0n) is 19.6. The summed E-state index contributed by atoms with van der Waals surface area (Å²) in [6.07, 6.45) is 4.60. The highest BCUT2D eigenvalue weighted by atomic mass is 19.1. The van der Waals surface area contributed by atoms with Gasteiger partial charge in [0.05, 0.1) is 5.52 Å². The third-order valence-electron chi connectivity index (χ3n) is 6.44. The monoisotopic (exact) mass is 483 g/mol. The second-order valence-corrected chi connectivity index (χ2v) is 8.86. The van der Waals surface area contributed by atoms with Crippen molar-refractivity contribution in [2.24, 2.45) is 0 Å². The minimum absolute atomic E-state index is 0.00735. The molecule has 2 unspecified atom stereocenters. The minimum atomic E-state index is -1.12. The number of anilines is 2. The molecule has 36 heavy (non-hydrogen) atoms. The van der Waals surface area contributed by atoms with Crippen LogP contribution in [-0.4, -0.2) is 33.1 Å². The molecule has 3 atom stereocenters. The normalized spacial score (nSPS) is 19.5. The number of carbonyl (C=O) groups is 1. The number of ether oxygens (including phenoxy) is 1. The number of benzene rings is 2. The molecule has 0 radical (unpaired) electrons. The summed E-state index contributed by atoms with van der Waals surface area (Å²) in [6, 6.07) is 16.9. The number of nitrogen functional groups attached to an aromatic ring is 1. The van der Waals surface area contributed by atoms with Gasteiger partial charge in [-0.15, -0.1) is 0 Å². The van der Waals surface area contributed by atoms with Gasteiger partial charge in [-0.3, -0.25) is 4.79 Å². The van der Waals surface area contributed by atoms with Gasteiger partial charge in [0.2, 0.25) is 17.7 Å². The Labute approximate surface area is 208 Å². The number of hydrogen-bond acceptors (Lipinski definition) is 6. The molecule has 0 aliphatic heterocycles. The molecule has 182 valence electrons. The lowest BCUT2D eigenvalue weighted by molar-refractivity contribution is -0.111. The summed E-state index contributed by atoms with van der Waals surface area (Å²) in [5, 5.41) is 3.61. The summed E-state index contributed by atoms with van der Waals surface area (Å²) in [7, 11) is 0. The van der Waals surface area contributed by atoms with Gasteiger partial charge < -0.3 is 15.8 Å². The number of hydrogen-bond donors (Lipinski definition) is 2. The minimum Gasteiger partial charge on any atom is -0.471 e. The van der Waals surface area contributed by atoms with Crippen LogP contribution in [0.2, 0.25) is 0 Å². The Morgan fingerprint density at radius 3 is 2.81 bits per heavy atom. The Balaban J connectivity index is 1.46. The van der Waals surface area contributed by atoms with Gasteiger partial charge in [-0.1, -0.05) is 24.8 Å². The van der Waals surface area contributed by atoms with E-state index in [1.807, 2.05) is 36.4 Å². The van der Waals surface area contributed by atoms with Crippen LogP contribution in [0.5, 0.6) is 5.88 Å². The molecule has 2 aromatic carbocycles. The zero-order valence-corrected chi connectivity index (χ0v) is 19.6. The quantitative estimate of drug-likeness (QED) is 0.354. The third-order valence-corrected chi connectivity index (χ3v) is 6.44. The molecule has 5 rings (SSSR count). The first-order valence-electron chi connectivity index (χ1n) is 11.8. The fourth-order valence-corrected chi connectivity index (χ4v) is 4.69. The standard InChI is InChI=1S/C28H26FN5O2/c1-2-25(35)33-21-7-5-6-18(13-21)22-14-19(12-20-16-32-28(30)34-27(20)22)17-9-10-24(23(29)15-17)36-26-8-3-4-11-31-26/h2-8,11-14,16-17,23-24H,1,9-10,15H2,(H,33,35)(H2,30,32,34)/t17?,23-,24?/m1/s1. The number of nitrogens with zero attached hydrogens (tertiary/aromatic N) is 3. The summed E-state index contributed by atoms with van der Waals surface area (Å²) in [6.45, 7) is 3.50. The lowest BCUT2D eigenvalue weighted by atomic mass is 9.80. The SMILES string of the molecule is C=CC(=O)Nc1cccc(-c2cc(C3CCC(Oc4ccccn4)[C@H](F)C3)cc3cnc(N)nc23)c1. The van der Waals surface area contributed by atoms with Crippen molar-refractivity contribution in [2.75, 3.05) is 11.1 Å². The van der Waals surface area contributed by atoms with Crippen LogP contribution in [0.3, 0.4) is 0 Å². The largest absolute Gasteiger partial charge is 0.471 e. The van der Waals surface area contributed by atoms with Crippen LogP contribution in [0.25, 0.3) is 22.0 Å². The first-order valence-corrected chi connectivity index (χ1v) is 11.8. The van der Waals surface area contributed by atoms with Crippen molar-refractivity contribution in [1.29, 1.82) is 0 Å². The van der Waals surface area contributed by atoms with Crippen LogP contribution in [0.1, 0.15) is 30.7 Å². The molecule has 8 heteroatoms. The number of aromatic nitrogens is 3. The Bertz CT molecular complexity index is 1410. The van der Waals surface area contributed by atoms with Gasteiger partial charge >= 0.3 is 0 Å². The van der Waals surface area contributed by atoms with E-state index in [9.17, 15) is 4.79 Å². The molecule has 1 saturated carbocycles. The van der Waals surface area contributed by atoms with Crippen LogP contribution in [0.4, 0.5) is 16.0 Å². The van der Waals surface area contributed by atoms with E-state index in [2.05, 4.69) is 26.8 Å². The molecule has 3 N–H and O–H groups in total. The summed E-state index contributed by atoms with van der Waals surface area (Å²) >= 11 is 0. The summed E-state index contributed by atoms with van der Waals surface area (Å²) in [5.41, 5.74) is 9.93. The smallest absolute Gasteiger partial charge is 0.247 e. The van der Waals surface area contributed by atoms with Crippen molar-refractivity contribution in [3.63, 3.8) is 0 Å². The maximum atomic E-state index is 15.2. The maximum absolute atomic E-state index is 15.2. The number of halogens is 1. The summed E-state index contributed by atoms with van der Waals surface area (Å²) in [5.74, 6) is 0.322. The van der Waals surface area contributed by atoms with E-state index in [-0.39, 0.29) is 17.8 Å². The molecule has 0 spiro atoms. The van der Waals surface area contributed by atoms with Gasteiger partial charge in [0.25, 0.3) is 0 Å². The van der Waals surface area contributed by atoms with E-state index in [0.717, 1.165) is 28.5 Å². The van der Waals surface area contributed by atoms with E-state index in [1.165, 1.54) is 6.08 Å². The van der Waals surface area contributed by atoms with E-state index in [0.29, 0.717) is 29.9 Å². The number of fused-ring (bicyclic) bond motifs is 1. The molecule has 1 aliphatic rings. The molecule has 7 nitrogen and oxygen atoms in total. The fourth-order valence-electron chi connectivity index (χ4n) is 4.69. The highest BCUT2D eigenvalue weighted by Gasteiger charge is 2.33. The highest BCUT2D eigenvalue weighted by Crippen LogP contribution is 2.40. The van der Waals surface area contributed by atoms with Gasteiger partial charge in [0, 0.05) is 35.1 Å². The average Bonchev–Trinajstić information content (AvgIpc) is 2.90. The summed E-state index contributed by atoms with van der Waals surface area (Å²) in [4.78, 5) is 24.6. The zero-order chi connectivity index (χ0) is 25.1. The molecular formula is C28H26FN5O2. The second-order valence-electron chi connectivity index (χ2n) is 8.86. The van der Waals surface area contributed by atoms with Crippen LogP contribution in [0, 0.1) is 0 Å². The number of alkyl halides is 1. The predicted octanol–water partition coefficient (Wildman–Crippen LogP) is 5.45. The van der Waals surface area contributed by atoms with Gasteiger partial charge in [-0.05, 0) is 72.7 Å². The molecular weight excluding hydrogens is 457 g/mol. The van der Waals surface area contributed by atoms with Crippen molar-refractivity contribution in [1.82, 2.24) is 15.0 Å². The van der Waals surface area contributed by atoms with Crippen molar-refractivity contribution in [3.8, 4) is 17.0 Å². The Kier molecular flexibility index (Phi) is 6.58. The third kappa shape index (κ3) is 5.02. The number of nitrogens with two attached hydrogens (primary N) is 1. The predicted molar refractivity (Wildman–Crippen MR) is 138 cm³/mol. The first kappa shape index (κ1) is 23.4. The lowest BCUT2D eigenvalue weighted by Gasteiger charge is -2.32. The molecule has 2 heterocycles. The van der Waals surface area contributed by atoms with Crippen LogP contribution in [-0.2, 0) is 4.79 Å². The van der Waals surface area contributed by atoms with Gasteiger partial charge in [0.1, 0.15) is 12.3 Å². The van der Waals surface area contributed by atoms with Gasteiger partial charge in [-0.2, -0.15) is 0 Å². The van der Waals surface area contributed by atoms with Crippen molar-refractivity contribution in [2.45, 2.75) is 37.5 Å². The highest BCUT2D eigenvalue weighted by molar-refractivity contribution is 6.00. The Morgan fingerprint density at radius 1 is 1.14 bits per heavy atom. The van der Waals surface area contributed by atoms with Crippen molar-refractivity contribution >= 4 is 28.4 Å². The van der Waals surface area contributed by atoms with E-state index >= 15 is 4.39 Å². The molecule has 1 fully saturated rings. The van der Waals surface area contributed by atoms with Crippen molar-refractivity contribution < 1.29 is 13.9 Å². The fraction of sp³-hybridized carbons (Fsp3) is 0.214. The number of amides is 1. The van der Waals surface area contributed by atoms with E-state index < -0.39 is 12.3 Å². The first-order chi connectivity index (χ1) is 17.5. The number of rotatable bonds is 6. The molecule has 1 aliphatic carbocycles. The number of carbonyl (C=O) groups excluding carboxylic acids is 1. The second kappa shape index (κ2) is 10.1. The van der Waals surface area contributed by atoms with Crippen LogP contribution in [0.15, 0.2) is 79.6 Å². The lowest BCUT2D eigenvalue weighted by Crippen LogP contribution is -2.34. The van der Waals surface area contributed by atoms with Crippen LogP contribution >= 0.6 is 0 Å². The van der Waals surface area contributed by atoms with E-state index in [1.54, 1.807) is 30.6 Å². The molecule has 0 bridgehead atoms. The molecule has 0 saturated heterocycles. The van der Waals surface area contributed by atoms with E-state index in [4.69, 9.17) is 10.5 Å². The Hall–Kier alpha value is -4.33. The van der Waals surface area contributed by atoms with Crippen molar-refractivity contribution in [3.05, 3.63) is 85.2 Å². The number of pyridine rings is 1. The molecule has 1 amide bonds. The summed E-state index contributed by atoms with van der Waals surface area (Å²) < 4.78 is 21.0. The average molecular weight is 484 g/mol. The van der Waals surface area contributed by atoms with Crippen LogP contribution < -0.4 is 15.8 Å². The molecule has 4 aromatic rings. The van der Waals surface area contributed by atoms with Gasteiger partial charge in [-0.25, -0.2) is 19.3 Å².